The topological polar surface area (TPSA) is 128 Å². The summed E-state index contributed by atoms with van der Waals surface area (Å²) in [6.07, 6.45) is 4.27. The van der Waals surface area contributed by atoms with Crippen molar-refractivity contribution in [2.24, 2.45) is 5.92 Å². The van der Waals surface area contributed by atoms with E-state index < -0.39 is 15.9 Å². The third kappa shape index (κ3) is 5.81. The van der Waals surface area contributed by atoms with Gasteiger partial charge in [-0.25, -0.2) is 28.6 Å². The zero-order chi connectivity index (χ0) is 25.7. The van der Waals surface area contributed by atoms with Crippen LogP contribution in [0.5, 0.6) is 0 Å². The van der Waals surface area contributed by atoms with Crippen LogP contribution in [0.4, 0.5) is 11.6 Å². The van der Waals surface area contributed by atoms with Gasteiger partial charge in [-0.3, -0.25) is 10.0 Å². The summed E-state index contributed by atoms with van der Waals surface area (Å²) < 4.78 is 29.3. The van der Waals surface area contributed by atoms with E-state index >= 15 is 0 Å². The number of aromatic nitrogens is 2. The molecule has 3 N–H and O–H groups in total. The SMILES string of the molecule is CN(C)c1ccc(-c2ccccc2S(=O)(=O)NCC2CCN(c3ncc(C(=O)NO)cn3)CC2)cc1. The van der Waals surface area contributed by atoms with E-state index in [0.29, 0.717) is 31.1 Å². The molecule has 1 aliphatic heterocycles. The van der Waals surface area contributed by atoms with Crippen molar-refractivity contribution in [3.63, 3.8) is 0 Å². The van der Waals surface area contributed by atoms with E-state index in [4.69, 9.17) is 5.21 Å². The molecule has 10 nitrogen and oxygen atoms in total. The average molecular weight is 511 g/mol. The minimum Gasteiger partial charge on any atom is -0.378 e. The Bertz CT molecular complexity index is 1290. The van der Waals surface area contributed by atoms with E-state index in [1.807, 2.05) is 60.3 Å². The summed E-state index contributed by atoms with van der Waals surface area (Å²) in [7, 11) is 0.221. The van der Waals surface area contributed by atoms with Gasteiger partial charge in [0, 0.05) is 57.4 Å². The predicted molar refractivity (Wildman–Crippen MR) is 138 cm³/mol. The number of piperidine rings is 1. The molecular weight excluding hydrogens is 480 g/mol. The minimum atomic E-state index is -3.70. The molecule has 2 heterocycles. The highest BCUT2D eigenvalue weighted by molar-refractivity contribution is 7.89. The maximum Gasteiger partial charge on any atom is 0.277 e. The first-order valence-corrected chi connectivity index (χ1v) is 13.1. The molecule has 0 bridgehead atoms. The summed E-state index contributed by atoms with van der Waals surface area (Å²) >= 11 is 0. The van der Waals surface area contributed by atoms with Gasteiger partial charge in [0.15, 0.2) is 0 Å². The summed E-state index contributed by atoms with van der Waals surface area (Å²) in [6, 6.07) is 14.9. The van der Waals surface area contributed by atoms with E-state index in [1.54, 1.807) is 17.6 Å². The number of hydrogen-bond acceptors (Lipinski definition) is 8. The molecule has 11 heteroatoms. The van der Waals surface area contributed by atoms with E-state index in [0.717, 1.165) is 24.1 Å². The van der Waals surface area contributed by atoms with E-state index in [-0.39, 0.29) is 16.4 Å². The molecule has 1 aromatic heterocycles. The number of amides is 1. The highest BCUT2D eigenvalue weighted by Crippen LogP contribution is 2.29. The van der Waals surface area contributed by atoms with Crippen LogP contribution in [0.3, 0.4) is 0 Å². The number of rotatable bonds is 8. The second kappa shape index (κ2) is 11.0. The number of carbonyl (C=O) groups excluding carboxylic acids is 1. The Balaban J connectivity index is 1.37. The molecule has 0 aliphatic carbocycles. The van der Waals surface area contributed by atoms with Crippen molar-refractivity contribution < 1.29 is 18.4 Å². The fourth-order valence-corrected chi connectivity index (χ4v) is 5.53. The van der Waals surface area contributed by atoms with Crippen molar-refractivity contribution >= 4 is 27.6 Å². The molecule has 36 heavy (non-hydrogen) atoms. The summed E-state index contributed by atoms with van der Waals surface area (Å²) in [5, 5.41) is 8.70. The van der Waals surface area contributed by atoms with Crippen molar-refractivity contribution in [3.8, 4) is 11.1 Å². The molecule has 3 aromatic rings. The number of sulfonamides is 1. The number of benzene rings is 2. The van der Waals surface area contributed by atoms with Crippen molar-refractivity contribution in [2.75, 3.05) is 43.5 Å². The van der Waals surface area contributed by atoms with Gasteiger partial charge in [-0.1, -0.05) is 30.3 Å². The van der Waals surface area contributed by atoms with Crippen LogP contribution in [-0.4, -0.2) is 63.2 Å². The van der Waals surface area contributed by atoms with Gasteiger partial charge in [0.25, 0.3) is 5.91 Å². The van der Waals surface area contributed by atoms with Gasteiger partial charge in [-0.05, 0) is 42.5 Å². The van der Waals surface area contributed by atoms with E-state index in [2.05, 4.69) is 14.7 Å². The van der Waals surface area contributed by atoms with Crippen molar-refractivity contribution in [1.29, 1.82) is 0 Å². The number of hydrogen-bond donors (Lipinski definition) is 3. The number of hydroxylamine groups is 1. The van der Waals surface area contributed by atoms with Gasteiger partial charge in [0.2, 0.25) is 16.0 Å². The van der Waals surface area contributed by atoms with Crippen LogP contribution >= 0.6 is 0 Å². The normalized spacial score (nSPS) is 14.5. The summed E-state index contributed by atoms with van der Waals surface area (Å²) in [5.74, 6) is 0.0134. The molecular formula is C25H30N6O4S. The molecule has 1 aliphatic rings. The summed E-state index contributed by atoms with van der Waals surface area (Å²) in [6.45, 7) is 1.69. The van der Waals surface area contributed by atoms with Crippen LogP contribution in [-0.2, 0) is 10.0 Å². The molecule has 0 atom stereocenters. The van der Waals surface area contributed by atoms with Gasteiger partial charge in [-0.15, -0.1) is 0 Å². The Morgan fingerprint density at radius 3 is 2.31 bits per heavy atom. The summed E-state index contributed by atoms with van der Waals surface area (Å²) in [4.78, 5) is 24.1. The Morgan fingerprint density at radius 1 is 1.06 bits per heavy atom. The van der Waals surface area contributed by atoms with Crippen LogP contribution in [0, 0.1) is 5.92 Å². The smallest absolute Gasteiger partial charge is 0.277 e. The Labute approximate surface area is 211 Å². The highest BCUT2D eigenvalue weighted by atomic mass is 32.2. The van der Waals surface area contributed by atoms with Crippen molar-refractivity contribution in [3.05, 3.63) is 66.5 Å². The fourth-order valence-electron chi connectivity index (χ4n) is 4.19. The lowest BCUT2D eigenvalue weighted by Crippen LogP contribution is -2.39. The molecule has 0 unspecified atom stereocenters. The number of nitrogens with zero attached hydrogens (tertiary/aromatic N) is 4. The van der Waals surface area contributed by atoms with Crippen LogP contribution in [0.25, 0.3) is 11.1 Å². The number of nitrogens with one attached hydrogen (secondary N) is 2. The monoisotopic (exact) mass is 510 g/mol. The van der Waals surface area contributed by atoms with Gasteiger partial charge in [0.05, 0.1) is 10.5 Å². The van der Waals surface area contributed by atoms with E-state index in [9.17, 15) is 13.2 Å². The molecule has 0 radical (unpaired) electrons. The molecule has 1 saturated heterocycles. The van der Waals surface area contributed by atoms with Crippen LogP contribution in [0.1, 0.15) is 23.2 Å². The molecule has 2 aromatic carbocycles. The molecule has 0 saturated carbocycles. The zero-order valence-electron chi connectivity index (χ0n) is 20.3. The Morgan fingerprint density at radius 2 is 1.69 bits per heavy atom. The van der Waals surface area contributed by atoms with Gasteiger partial charge in [0.1, 0.15) is 0 Å². The Hall–Kier alpha value is -3.54. The third-order valence-corrected chi connectivity index (χ3v) is 7.81. The zero-order valence-corrected chi connectivity index (χ0v) is 21.1. The second-order valence-corrected chi connectivity index (χ2v) is 10.7. The quantitative estimate of drug-likeness (QED) is 0.312. The van der Waals surface area contributed by atoms with Crippen LogP contribution in [0.2, 0.25) is 0 Å². The lowest BCUT2D eigenvalue weighted by Gasteiger charge is -2.32. The minimum absolute atomic E-state index is 0.166. The lowest BCUT2D eigenvalue weighted by atomic mass is 9.97. The first kappa shape index (κ1) is 25.5. The molecule has 190 valence electrons. The van der Waals surface area contributed by atoms with Gasteiger partial charge < -0.3 is 9.80 Å². The maximum absolute atomic E-state index is 13.2. The fraction of sp³-hybridized carbons (Fsp3) is 0.320. The second-order valence-electron chi connectivity index (χ2n) is 8.93. The molecule has 1 fully saturated rings. The predicted octanol–water partition coefficient (Wildman–Crippen LogP) is 2.52. The largest absolute Gasteiger partial charge is 0.378 e. The van der Waals surface area contributed by atoms with Crippen LogP contribution < -0.4 is 20.0 Å². The van der Waals surface area contributed by atoms with Crippen molar-refractivity contribution in [2.45, 2.75) is 17.7 Å². The maximum atomic E-state index is 13.2. The van der Waals surface area contributed by atoms with Crippen LogP contribution in [0.15, 0.2) is 65.8 Å². The first-order chi connectivity index (χ1) is 17.3. The van der Waals surface area contributed by atoms with Gasteiger partial charge in [-0.2, -0.15) is 0 Å². The standard InChI is InChI=1S/C25H30N6O4S/c1-30(2)21-9-7-19(8-10-21)22-5-3-4-6-23(22)36(34,35)28-15-18-11-13-31(14-12-18)25-26-16-20(17-27-25)24(32)29-33/h3-10,16-18,28,33H,11-15H2,1-2H3,(H,29,32). The highest BCUT2D eigenvalue weighted by Gasteiger charge is 2.25. The number of anilines is 2. The summed E-state index contributed by atoms with van der Waals surface area (Å²) in [5.41, 5.74) is 4.27. The number of carbonyl (C=O) groups is 1. The lowest BCUT2D eigenvalue weighted by molar-refractivity contribution is 0.0705. The van der Waals surface area contributed by atoms with Crippen molar-refractivity contribution in [1.82, 2.24) is 20.2 Å². The van der Waals surface area contributed by atoms with Gasteiger partial charge >= 0.3 is 0 Å². The Kier molecular flexibility index (Phi) is 7.82. The first-order valence-electron chi connectivity index (χ1n) is 11.7. The molecule has 1 amide bonds. The molecule has 4 rings (SSSR count). The average Bonchev–Trinajstić information content (AvgIpc) is 2.92. The third-order valence-electron chi connectivity index (χ3n) is 6.33. The molecule has 0 spiro atoms. The van der Waals surface area contributed by atoms with E-state index in [1.165, 1.54) is 12.4 Å².